The summed E-state index contributed by atoms with van der Waals surface area (Å²) in [5.41, 5.74) is 1.53. The van der Waals surface area contributed by atoms with Gasteiger partial charge in [0.15, 0.2) is 0 Å². The van der Waals surface area contributed by atoms with E-state index in [0.717, 1.165) is 30.3 Å². The quantitative estimate of drug-likeness (QED) is 0.912. The van der Waals surface area contributed by atoms with Gasteiger partial charge in [0.05, 0.1) is 18.3 Å². The summed E-state index contributed by atoms with van der Waals surface area (Å²) in [7, 11) is 0. The minimum Gasteiger partial charge on any atom is -0.390 e. The minimum atomic E-state index is -0.588. The molecule has 1 saturated heterocycles. The molecular weight excluding hydrogens is 302 g/mol. The fourth-order valence-corrected chi connectivity index (χ4v) is 3.14. The lowest BCUT2D eigenvalue weighted by atomic mass is 9.99. The highest BCUT2D eigenvalue weighted by Gasteiger charge is 2.19. The van der Waals surface area contributed by atoms with Gasteiger partial charge in [-0.25, -0.2) is 4.68 Å². The zero-order valence-electron chi connectivity index (χ0n) is 14.1. The van der Waals surface area contributed by atoms with Crippen LogP contribution in [-0.2, 0) is 6.54 Å². The minimum absolute atomic E-state index is 0.180. The normalized spacial score (nSPS) is 17.8. The molecule has 24 heavy (non-hydrogen) atoms. The summed E-state index contributed by atoms with van der Waals surface area (Å²) in [5.74, 6) is 0.769. The van der Waals surface area contributed by atoms with E-state index in [1.54, 1.807) is 6.07 Å². The third-order valence-electron chi connectivity index (χ3n) is 4.67. The molecule has 0 bridgehead atoms. The maximum Gasteiger partial charge on any atom is 0.266 e. The van der Waals surface area contributed by atoms with Crippen LogP contribution >= 0.6 is 0 Å². The van der Waals surface area contributed by atoms with Gasteiger partial charge in [0, 0.05) is 18.2 Å². The smallest absolute Gasteiger partial charge is 0.266 e. The van der Waals surface area contributed by atoms with Crippen molar-refractivity contribution >= 4 is 0 Å². The van der Waals surface area contributed by atoms with E-state index in [2.05, 4.69) is 16.9 Å². The first-order valence-corrected chi connectivity index (χ1v) is 8.66. The summed E-state index contributed by atoms with van der Waals surface area (Å²) in [5, 5.41) is 14.8. The highest BCUT2D eigenvalue weighted by Crippen LogP contribution is 2.16. The van der Waals surface area contributed by atoms with Crippen molar-refractivity contribution in [2.45, 2.75) is 32.4 Å². The van der Waals surface area contributed by atoms with Gasteiger partial charge >= 0.3 is 0 Å². The maximum absolute atomic E-state index is 12.0. The van der Waals surface area contributed by atoms with Gasteiger partial charge < -0.3 is 10.0 Å². The largest absolute Gasteiger partial charge is 0.390 e. The first kappa shape index (κ1) is 16.9. The van der Waals surface area contributed by atoms with Crippen molar-refractivity contribution in [3.05, 3.63) is 52.8 Å². The molecule has 0 aliphatic carbocycles. The number of piperidine rings is 1. The molecule has 2 aromatic rings. The third-order valence-corrected chi connectivity index (χ3v) is 4.67. The lowest BCUT2D eigenvalue weighted by Gasteiger charge is -2.31. The van der Waals surface area contributed by atoms with Crippen LogP contribution in [0.5, 0.6) is 0 Å². The Kier molecular flexibility index (Phi) is 5.43. The molecule has 0 amide bonds. The molecule has 1 N–H and O–H groups in total. The summed E-state index contributed by atoms with van der Waals surface area (Å²) in [6.45, 7) is 5.13. The van der Waals surface area contributed by atoms with Crippen LogP contribution in [0.2, 0.25) is 0 Å². The van der Waals surface area contributed by atoms with Crippen molar-refractivity contribution in [2.75, 3.05) is 19.6 Å². The van der Waals surface area contributed by atoms with E-state index in [4.69, 9.17) is 0 Å². The number of aliphatic hydroxyl groups is 1. The Hall–Kier alpha value is -1.98. The number of rotatable bonds is 5. The van der Waals surface area contributed by atoms with Gasteiger partial charge in [-0.2, -0.15) is 5.10 Å². The predicted molar refractivity (Wildman–Crippen MR) is 94.8 cm³/mol. The Labute approximate surface area is 142 Å². The summed E-state index contributed by atoms with van der Waals surface area (Å²) >= 11 is 0. The van der Waals surface area contributed by atoms with Crippen LogP contribution in [0.4, 0.5) is 0 Å². The van der Waals surface area contributed by atoms with Gasteiger partial charge in [0.1, 0.15) is 0 Å². The standard InChI is InChI=1S/C19H25N3O2/c1-15-9-11-21(12-10-15)13-17(23)14-22-19(24)8-7-18(20-22)16-5-3-2-4-6-16/h2-8,15,17,23H,9-14H2,1H3. The fourth-order valence-electron chi connectivity index (χ4n) is 3.14. The van der Waals surface area contributed by atoms with Crippen molar-refractivity contribution in [1.29, 1.82) is 0 Å². The molecule has 1 fully saturated rings. The zero-order chi connectivity index (χ0) is 16.9. The van der Waals surface area contributed by atoms with E-state index in [-0.39, 0.29) is 12.1 Å². The predicted octanol–water partition coefficient (Wildman–Crippen LogP) is 2.00. The van der Waals surface area contributed by atoms with Crippen LogP contribution in [0.15, 0.2) is 47.3 Å². The number of benzene rings is 1. The van der Waals surface area contributed by atoms with Crippen molar-refractivity contribution in [3.63, 3.8) is 0 Å². The average molecular weight is 327 g/mol. The SMILES string of the molecule is CC1CCN(CC(O)Cn2nc(-c3ccccc3)ccc2=O)CC1. The Balaban J connectivity index is 1.67. The van der Waals surface area contributed by atoms with Crippen molar-refractivity contribution in [1.82, 2.24) is 14.7 Å². The average Bonchev–Trinajstić information content (AvgIpc) is 2.60. The van der Waals surface area contributed by atoms with Crippen LogP contribution in [0, 0.1) is 5.92 Å². The first-order chi connectivity index (χ1) is 11.6. The molecule has 0 spiro atoms. The van der Waals surface area contributed by atoms with Gasteiger partial charge in [0.25, 0.3) is 5.56 Å². The molecule has 0 saturated carbocycles. The summed E-state index contributed by atoms with van der Waals surface area (Å²) in [6, 6.07) is 13.0. The number of aliphatic hydroxyl groups excluding tert-OH is 1. The number of nitrogens with zero attached hydrogens (tertiary/aromatic N) is 3. The number of β-amino-alcohol motifs (C(OH)–C–C–N with tert-alkyl or cyclic N) is 1. The lowest BCUT2D eigenvalue weighted by Crippen LogP contribution is -2.41. The molecule has 1 aromatic carbocycles. The van der Waals surface area contributed by atoms with Crippen molar-refractivity contribution in [3.8, 4) is 11.3 Å². The van der Waals surface area contributed by atoms with Gasteiger partial charge in [-0.1, -0.05) is 37.3 Å². The van der Waals surface area contributed by atoms with Gasteiger partial charge in [-0.3, -0.25) is 4.79 Å². The lowest BCUT2D eigenvalue weighted by molar-refractivity contribution is 0.0767. The molecule has 5 nitrogen and oxygen atoms in total. The van der Waals surface area contributed by atoms with Crippen LogP contribution < -0.4 is 5.56 Å². The third kappa shape index (κ3) is 4.30. The first-order valence-electron chi connectivity index (χ1n) is 8.66. The monoisotopic (exact) mass is 327 g/mol. The molecule has 128 valence electrons. The summed E-state index contributed by atoms with van der Waals surface area (Å²) in [6.07, 6.45) is 1.76. The Morgan fingerprint density at radius 3 is 2.54 bits per heavy atom. The molecule has 1 aliphatic heterocycles. The number of hydrogen-bond donors (Lipinski definition) is 1. The van der Waals surface area contributed by atoms with Gasteiger partial charge in [-0.15, -0.1) is 0 Å². The van der Waals surface area contributed by atoms with E-state index >= 15 is 0 Å². The fraction of sp³-hybridized carbons (Fsp3) is 0.474. The molecular formula is C19H25N3O2. The second-order valence-corrected chi connectivity index (χ2v) is 6.74. The Morgan fingerprint density at radius 2 is 1.83 bits per heavy atom. The summed E-state index contributed by atoms with van der Waals surface area (Å²) < 4.78 is 1.37. The molecule has 2 heterocycles. The van der Waals surface area contributed by atoms with Crippen LogP contribution in [0.1, 0.15) is 19.8 Å². The van der Waals surface area contributed by atoms with Crippen LogP contribution in [-0.4, -0.2) is 45.5 Å². The molecule has 5 heteroatoms. The number of aromatic nitrogens is 2. The number of hydrogen-bond acceptors (Lipinski definition) is 4. The van der Waals surface area contributed by atoms with E-state index in [9.17, 15) is 9.90 Å². The van der Waals surface area contributed by atoms with Crippen molar-refractivity contribution < 1.29 is 5.11 Å². The van der Waals surface area contributed by atoms with Gasteiger partial charge in [0.2, 0.25) is 0 Å². The Bertz CT molecular complexity index is 706. The highest BCUT2D eigenvalue weighted by atomic mass is 16.3. The number of likely N-dealkylation sites (tertiary alicyclic amines) is 1. The van der Waals surface area contributed by atoms with Crippen LogP contribution in [0.3, 0.4) is 0 Å². The van der Waals surface area contributed by atoms with E-state index in [0.29, 0.717) is 6.54 Å². The Morgan fingerprint density at radius 1 is 1.12 bits per heavy atom. The van der Waals surface area contributed by atoms with E-state index < -0.39 is 6.10 Å². The summed E-state index contributed by atoms with van der Waals surface area (Å²) in [4.78, 5) is 14.3. The molecule has 1 aliphatic rings. The van der Waals surface area contributed by atoms with Crippen LogP contribution in [0.25, 0.3) is 11.3 Å². The molecule has 3 rings (SSSR count). The zero-order valence-corrected chi connectivity index (χ0v) is 14.1. The molecule has 0 radical (unpaired) electrons. The molecule has 1 atom stereocenters. The van der Waals surface area contributed by atoms with Crippen molar-refractivity contribution in [2.24, 2.45) is 5.92 Å². The second-order valence-electron chi connectivity index (χ2n) is 6.74. The van der Waals surface area contributed by atoms with E-state index in [1.807, 2.05) is 30.3 Å². The molecule has 1 aromatic heterocycles. The topological polar surface area (TPSA) is 58.4 Å². The highest BCUT2D eigenvalue weighted by molar-refractivity contribution is 5.57. The second kappa shape index (κ2) is 7.73. The molecule has 1 unspecified atom stereocenters. The maximum atomic E-state index is 12.0. The van der Waals surface area contributed by atoms with Gasteiger partial charge in [-0.05, 0) is 37.9 Å². The van der Waals surface area contributed by atoms with E-state index in [1.165, 1.54) is 23.6 Å².